The van der Waals surface area contributed by atoms with Crippen LogP contribution in [0.15, 0.2) is 47.1 Å². The van der Waals surface area contributed by atoms with E-state index in [0.29, 0.717) is 6.54 Å². The van der Waals surface area contributed by atoms with Crippen molar-refractivity contribution in [2.24, 2.45) is 0 Å². The van der Waals surface area contributed by atoms with Crippen molar-refractivity contribution < 1.29 is 9.52 Å². The van der Waals surface area contributed by atoms with Gasteiger partial charge in [-0.05, 0) is 31.0 Å². The molecule has 0 aliphatic heterocycles. The zero-order valence-corrected chi connectivity index (χ0v) is 10.8. The van der Waals surface area contributed by atoms with Crippen LogP contribution in [0.2, 0.25) is 0 Å². The number of benzene rings is 1. The van der Waals surface area contributed by atoms with Gasteiger partial charge in [-0.15, -0.1) is 0 Å². The Hall–Kier alpha value is -1.58. The van der Waals surface area contributed by atoms with Crippen LogP contribution in [0.1, 0.15) is 23.8 Å². The van der Waals surface area contributed by atoms with E-state index in [-0.39, 0.29) is 6.61 Å². The molecule has 0 bridgehead atoms. The fourth-order valence-electron chi connectivity index (χ4n) is 1.92. The highest BCUT2D eigenvalue weighted by Gasteiger charge is 2.25. The third-order valence-corrected chi connectivity index (χ3v) is 3.33. The fourth-order valence-corrected chi connectivity index (χ4v) is 1.92. The normalized spacial score (nSPS) is 14.4. The van der Waals surface area contributed by atoms with Crippen molar-refractivity contribution in [3.05, 3.63) is 59.5 Å². The second kappa shape index (κ2) is 5.38. The Balaban J connectivity index is 2.12. The molecule has 0 amide bonds. The summed E-state index contributed by atoms with van der Waals surface area (Å²) >= 11 is 0. The predicted octanol–water partition coefficient (Wildman–Crippen LogP) is 2.59. The van der Waals surface area contributed by atoms with Gasteiger partial charge < -0.3 is 9.52 Å². The summed E-state index contributed by atoms with van der Waals surface area (Å²) in [6, 6.07) is 11.9. The first-order chi connectivity index (χ1) is 8.65. The second-order valence-electron chi connectivity index (χ2n) is 4.74. The maximum Gasteiger partial charge on any atom is 0.120 e. The van der Waals surface area contributed by atoms with E-state index < -0.39 is 5.54 Å². The Morgan fingerprint density at radius 2 is 1.94 bits per heavy atom. The van der Waals surface area contributed by atoms with Crippen LogP contribution in [-0.4, -0.2) is 11.7 Å². The van der Waals surface area contributed by atoms with Crippen LogP contribution in [0.3, 0.4) is 0 Å². The molecular weight excluding hydrogens is 226 g/mol. The Morgan fingerprint density at radius 3 is 2.50 bits per heavy atom. The van der Waals surface area contributed by atoms with E-state index in [9.17, 15) is 5.11 Å². The van der Waals surface area contributed by atoms with Gasteiger partial charge in [-0.1, -0.05) is 30.3 Å². The molecule has 3 nitrogen and oxygen atoms in total. The minimum Gasteiger partial charge on any atom is -0.468 e. The lowest BCUT2D eigenvalue weighted by atomic mass is 9.93. The molecule has 1 aromatic carbocycles. The number of aliphatic hydroxyl groups is 1. The molecule has 1 heterocycles. The van der Waals surface area contributed by atoms with Crippen molar-refractivity contribution >= 4 is 0 Å². The van der Waals surface area contributed by atoms with E-state index in [2.05, 4.69) is 5.32 Å². The zero-order chi connectivity index (χ0) is 13.0. The molecule has 2 aromatic rings. The number of hydrogen-bond acceptors (Lipinski definition) is 3. The van der Waals surface area contributed by atoms with Crippen molar-refractivity contribution in [1.29, 1.82) is 0 Å². The van der Waals surface area contributed by atoms with Gasteiger partial charge in [0.1, 0.15) is 5.76 Å². The third kappa shape index (κ3) is 2.63. The van der Waals surface area contributed by atoms with Crippen molar-refractivity contribution in [2.75, 3.05) is 6.61 Å². The lowest BCUT2D eigenvalue weighted by Gasteiger charge is -2.29. The average molecular weight is 245 g/mol. The number of nitrogens with one attached hydrogen (secondary N) is 1. The Labute approximate surface area is 107 Å². The number of furan rings is 1. The molecule has 0 aliphatic carbocycles. The summed E-state index contributed by atoms with van der Waals surface area (Å²) in [6.45, 7) is 4.64. The molecule has 0 aliphatic rings. The second-order valence-corrected chi connectivity index (χ2v) is 4.74. The third-order valence-electron chi connectivity index (χ3n) is 3.33. The van der Waals surface area contributed by atoms with Crippen LogP contribution in [0.4, 0.5) is 0 Å². The summed E-state index contributed by atoms with van der Waals surface area (Å²) in [5, 5.41) is 13.0. The SMILES string of the molecule is Cc1ccoc1CNC(C)(CO)c1ccccc1. The summed E-state index contributed by atoms with van der Waals surface area (Å²) in [4.78, 5) is 0. The van der Waals surface area contributed by atoms with Crippen LogP contribution in [0, 0.1) is 6.92 Å². The number of aryl methyl sites for hydroxylation is 1. The molecule has 3 heteroatoms. The van der Waals surface area contributed by atoms with Crippen molar-refractivity contribution in [3.8, 4) is 0 Å². The highest BCUT2D eigenvalue weighted by molar-refractivity contribution is 5.24. The summed E-state index contributed by atoms with van der Waals surface area (Å²) in [5.41, 5.74) is 1.73. The van der Waals surface area contributed by atoms with Crippen LogP contribution in [-0.2, 0) is 12.1 Å². The number of rotatable bonds is 5. The Kier molecular flexibility index (Phi) is 3.84. The van der Waals surface area contributed by atoms with Crippen LogP contribution in [0.5, 0.6) is 0 Å². The van der Waals surface area contributed by atoms with Gasteiger partial charge in [-0.3, -0.25) is 5.32 Å². The maximum atomic E-state index is 9.64. The first kappa shape index (κ1) is 12.9. The van der Waals surface area contributed by atoms with E-state index in [1.165, 1.54) is 0 Å². The molecule has 0 spiro atoms. The largest absolute Gasteiger partial charge is 0.468 e. The van der Waals surface area contributed by atoms with E-state index in [1.54, 1.807) is 6.26 Å². The monoisotopic (exact) mass is 245 g/mol. The quantitative estimate of drug-likeness (QED) is 0.851. The van der Waals surface area contributed by atoms with Crippen molar-refractivity contribution in [1.82, 2.24) is 5.32 Å². The first-order valence-corrected chi connectivity index (χ1v) is 6.10. The molecule has 1 unspecified atom stereocenters. The van der Waals surface area contributed by atoms with Crippen molar-refractivity contribution in [3.63, 3.8) is 0 Å². The molecule has 0 saturated heterocycles. The van der Waals surface area contributed by atoms with Gasteiger partial charge in [0.15, 0.2) is 0 Å². The molecule has 1 atom stereocenters. The molecule has 2 rings (SSSR count). The first-order valence-electron chi connectivity index (χ1n) is 6.10. The van der Waals surface area contributed by atoms with Crippen LogP contribution in [0.25, 0.3) is 0 Å². The summed E-state index contributed by atoms with van der Waals surface area (Å²) in [5.74, 6) is 0.908. The summed E-state index contributed by atoms with van der Waals surface area (Å²) in [7, 11) is 0. The molecule has 2 N–H and O–H groups in total. The van der Waals surface area contributed by atoms with Gasteiger partial charge in [0.2, 0.25) is 0 Å². The van der Waals surface area contributed by atoms with Gasteiger partial charge in [-0.25, -0.2) is 0 Å². The lowest BCUT2D eigenvalue weighted by Crippen LogP contribution is -2.42. The van der Waals surface area contributed by atoms with E-state index in [0.717, 1.165) is 16.9 Å². The molecule has 18 heavy (non-hydrogen) atoms. The van der Waals surface area contributed by atoms with Crippen LogP contribution < -0.4 is 5.32 Å². The number of hydrogen-bond donors (Lipinski definition) is 2. The van der Waals surface area contributed by atoms with E-state index >= 15 is 0 Å². The van der Waals surface area contributed by atoms with Gasteiger partial charge >= 0.3 is 0 Å². The topological polar surface area (TPSA) is 45.4 Å². The molecule has 0 radical (unpaired) electrons. The Morgan fingerprint density at radius 1 is 1.22 bits per heavy atom. The Bertz CT molecular complexity index is 492. The number of aliphatic hydroxyl groups excluding tert-OH is 1. The highest BCUT2D eigenvalue weighted by Crippen LogP contribution is 2.21. The van der Waals surface area contributed by atoms with E-state index in [1.807, 2.05) is 50.2 Å². The smallest absolute Gasteiger partial charge is 0.120 e. The average Bonchev–Trinajstić information content (AvgIpc) is 2.83. The zero-order valence-electron chi connectivity index (χ0n) is 10.8. The predicted molar refractivity (Wildman–Crippen MR) is 71.2 cm³/mol. The standard InChI is InChI=1S/C15H19NO2/c1-12-8-9-18-14(12)10-16-15(2,11-17)13-6-4-3-5-7-13/h3-9,16-17H,10-11H2,1-2H3. The maximum absolute atomic E-state index is 9.64. The lowest BCUT2D eigenvalue weighted by molar-refractivity contribution is 0.170. The summed E-state index contributed by atoms with van der Waals surface area (Å²) < 4.78 is 5.40. The minimum absolute atomic E-state index is 0.0385. The molecule has 1 aromatic heterocycles. The molecule has 0 fully saturated rings. The minimum atomic E-state index is -0.458. The molecular formula is C15H19NO2. The highest BCUT2D eigenvalue weighted by atomic mass is 16.3. The van der Waals surface area contributed by atoms with Crippen molar-refractivity contribution in [2.45, 2.75) is 25.9 Å². The molecule has 96 valence electrons. The van der Waals surface area contributed by atoms with E-state index in [4.69, 9.17) is 4.42 Å². The summed E-state index contributed by atoms with van der Waals surface area (Å²) in [6.07, 6.45) is 1.69. The molecule has 0 saturated carbocycles. The van der Waals surface area contributed by atoms with Gasteiger partial charge in [0.25, 0.3) is 0 Å². The van der Waals surface area contributed by atoms with Gasteiger partial charge in [-0.2, -0.15) is 0 Å². The fraction of sp³-hybridized carbons (Fsp3) is 0.333. The van der Waals surface area contributed by atoms with Crippen LogP contribution >= 0.6 is 0 Å². The van der Waals surface area contributed by atoms with Gasteiger partial charge in [0.05, 0.1) is 25.0 Å². The van der Waals surface area contributed by atoms with Gasteiger partial charge in [0, 0.05) is 0 Å².